The van der Waals surface area contributed by atoms with Crippen LogP contribution in [0, 0.1) is 0 Å². The maximum atomic E-state index is 11.4. The highest BCUT2D eigenvalue weighted by atomic mass is 16.5. The van der Waals surface area contributed by atoms with Crippen molar-refractivity contribution in [1.82, 2.24) is 0 Å². The second-order valence-electron chi connectivity index (χ2n) is 5.90. The molecule has 0 aliphatic carbocycles. The van der Waals surface area contributed by atoms with E-state index in [0.29, 0.717) is 12.1 Å². The molecule has 1 fully saturated rings. The Kier molecular flexibility index (Phi) is 3.30. The van der Waals surface area contributed by atoms with Gasteiger partial charge in [0.2, 0.25) is 5.91 Å². The summed E-state index contributed by atoms with van der Waals surface area (Å²) in [6.07, 6.45) is 3.49. The Balaban J connectivity index is 1.75. The van der Waals surface area contributed by atoms with Crippen molar-refractivity contribution in [3.05, 3.63) is 17.7 Å². The molecule has 2 heterocycles. The molecular weight excluding hydrogens is 254 g/mol. The van der Waals surface area contributed by atoms with E-state index < -0.39 is 0 Å². The van der Waals surface area contributed by atoms with Crippen molar-refractivity contribution in [1.29, 1.82) is 0 Å². The van der Waals surface area contributed by atoms with Crippen LogP contribution in [0.15, 0.2) is 12.1 Å². The third-order valence-electron chi connectivity index (χ3n) is 4.12. The third-order valence-corrected chi connectivity index (χ3v) is 4.12. The standard InChI is InChI=1S/C15H21N3O2/c1-15(5-2-6-20-15)9-17-13-7-10-3-4-14(19)18-12(10)8-11(13)16/h7-8,17H,2-6,9,16H2,1H3,(H,18,19). The summed E-state index contributed by atoms with van der Waals surface area (Å²) in [6, 6.07) is 3.88. The summed E-state index contributed by atoms with van der Waals surface area (Å²) >= 11 is 0. The van der Waals surface area contributed by atoms with E-state index in [0.717, 1.165) is 49.4 Å². The van der Waals surface area contributed by atoms with E-state index in [1.54, 1.807) is 0 Å². The maximum absolute atomic E-state index is 11.4. The minimum absolute atomic E-state index is 0.0597. The molecule has 1 saturated heterocycles. The van der Waals surface area contributed by atoms with Crippen LogP contribution < -0.4 is 16.4 Å². The van der Waals surface area contributed by atoms with Gasteiger partial charge in [-0.3, -0.25) is 4.79 Å². The molecule has 2 aliphatic heterocycles. The number of hydrogen-bond acceptors (Lipinski definition) is 4. The Labute approximate surface area is 118 Å². The lowest BCUT2D eigenvalue weighted by Crippen LogP contribution is -2.32. The third kappa shape index (κ3) is 2.58. The molecule has 1 aromatic carbocycles. The van der Waals surface area contributed by atoms with Crippen LogP contribution in [0.2, 0.25) is 0 Å². The molecule has 1 amide bonds. The van der Waals surface area contributed by atoms with Gasteiger partial charge in [0, 0.05) is 25.3 Å². The number of benzene rings is 1. The van der Waals surface area contributed by atoms with E-state index in [2.05, 4.69) is 17.6 Å². The SMILES string of the molecule is CC1(CNc2cc3c(cc2N)NC(=O)CC3)CCCO1. The lowest BCUT2D eigenvalue weighted by Gasteiger charge is -2.25. The van der Waals surface area contributed by atoms with Gasteiger partial charge in [0.05, 0.1) is 17.0 Å². The quantitative estimate of drug-likeness (QED) is 0.739. The molecule has 2 aliphatic rings. The Hall–Kier alpha value is -1.75. The summed E-state index contributed by atoms with van der Waals surface area (Å²) in [6.45, 7) is 3.72. The molecule has 5 heteroatoms. The molecule has 4 N–H and O–H groups in total. The molecule has 20 heavy (non-hydrogen) atoms. The van der Waals surface area contributed by atoms with Crippen LogP contribution >= 0.6 is 0 Å². The lowest BCUT2D eigenvalue weighted by molar-refractivity contribution is -0.116. The molecule has 0 saturated carbocycles. The minimum atomic E-state index is -0.101. The zero-order valence-corrected chi connectivity index (χ0v) is 11.8. The summed E-state index contributed by atoms with van der Waals surface area (Å²) in [7, 11) is 0. The predicted molar refractivity (Wildman–Crippen MR) is 79.9 cm³/mol. The van der Waals surface area contributed by atoms with E-state index in [-0.39, 0.29) is 11.5 Å². The Morgan fingerprint density at radius 1 is 1.45 bits per heavy atom. The molecule has 1 atom stereocenters. The molecule has 0 radical (unpaired) electrons. The maximum Gasteiger partial charge on any atom is 0.224 e. The van der Waals surface area contributed by atoms with Gasteiger partial charge in [0.1, 0.15) is 0 Å². The first-order valence-corrected chi connectivity index (χ1v) is 7.16. The first-order valence-electron chi connectivity index (χ1n) is 7.16. The minimum Gasteiger partial charge on any atom is -0.397 e. The molecule has 1 aromatic rings. The van der Waals surface area contributed by atoms with Crippen LogP contribution in [0.25, 0.3) is 0 Å². The van der Waals surface area contributed by atoms with E-state index >= 15 is 0 Å². The topological polar surface area (TPSA) is 76.4 Å². The van der Waals surface area contributed by atoms with Crippen LogP contribution in [0.5, 0.6) is 0 Å². The lowest BCUT2D eigenvalue weighted by atomic mass is 10.00. The highest BCUT2D eigenvalue weighted by molar-refractivity contribution is 5.95. The number of nitrogens with two attached hydrogens (primary N) is 1. The number of ether oxygens (including phenoxy) is 1. The molecule has 0 bridgehead atoms. The predicted octanol–water partition coefficient (Wildman–Crippen LogP) is 2.13. The number of hydrogen-bond donors (Lipinski definition) is 3. The summed E-state index contributed by atoms with van der Waals surface area (Å²) in [5.74, 6) is 0.0597. The largest absolute Gasteiger partial charge is 0.397 e. The fraction of sp³-hybridized carbons (Fsp3) is 0.533. The highest BCUT2D eigenvalue weighted by Crippen LogP contribution is 2.32. The first-order chi connectivity index (χ1) is 9.56. The number of carbonyl (C=O) groups is 1. The molecule has 0 aromatic heterocycles. The highest BCUT2D eigenvalue weighted by Gasteiger charge is 2.29. The summed E-state index contributed by atoms with van der Waals surface area (Å²) in [5.41, 5.74) is 9.53. The van der Waals surface area contributed by atoms with Gasteiger partial charge in [-0.05, 0) is 43.9 Å². The van der Waals surface area contributed by atoms with Crippen LogP contribution in [-0.2, 0) is 16.0 Å². The average Bonchev–Trinajstić information content (AvgIpc) is 2.84. The van der Waals surface area contributed by atoms with Gasteiger partial charge < -0.3 is 21.1 Å². The van der Waals surface area contributed by atoms with Crippen molar-refractivity contribution >= 4 is 23.0 Å². The van der Waals surface area contributed by atoms with Crippen molar-refractivity contribution in [2.24, 2.45) is 0 Å². The Bertz CT molecular complexity index is 536. The van der Waals surface area contributed by atoms with Gasteiger partial charge in [0.15, 0.2) is 0 Å². The molecule has 0 spiro atoms. The number of carbonyl (C=O) groups excluding carboxylic acids is 1. The van der Waals surface area contributed by atoms with E-state index in [1.165, 1.54) is 0 Å². The number of amides is 1. The van der Waals surface area contributed by atoms with Gasteiger partial charge in [0.25, 0.3) is 0 Å². The van der Waals surface area contributed by atoms with Gasteiger partial charge in [-0.1, -0.05) is 0 Å². The number of nitrogen functional groups attached to an aromatic ring is 1. The zero-order chi connectivity index (χ0) is 14.2. The van der Waals surface area contributed by atoms with Crippen molar-refractivity contribution in [3.8, 4) is 0 Å². The van der Waals surface area contributed by atoms with Crippen LogP contribution in [0.1, 0.15) is 31.7 Å². The van der Waals surface area contributed by atoms with E-state index in [1.807, 2.05) is 12.1 Å². The molecule has 5 nitrogen and oxygen atoms in total. The molecular formula is C15H21N3O2. The number of anilines is 3. The molecule has 108 valence electrons. The summed E-state index contributed by atoms with van der Waals surface area (Å²) < 4.78 is 5.77. The monoisotopic (exact) mass is 275 g/mol. The second kappa shape index (κ2) is 4.98. The van der Waals surface area contributed by atoms with Crippen LogP contribution in [0.4, 0.5) is 17.1 Å². The summed E-state index contributed by atoms with van der Waals surface area (Å²) in [4.78, 5) is 11.4. The first kappa shape index (κ1) is 13.2. The fourth-order valence-corrected chi connectivity index (χ4v) is 2.86. The van der Waals surface area contributed by atoms with Gasteiger partial charge in [-0.25, -0.2) is 0 Å². The van der Waals surface area contributed by atoms with E-state index in [9.17, 15) is 4.79 Å². The van der Waals surface area contributed by atoms with Crippen molar-refractivity contribution < 1.29 is 9.53 Å². The van der Waals surface area contributed by atoms with Crippen LogP contribution in [-0.4, -0.2) is 24.7 Å². The Morgan fingerprint density at radius 3 is 3.05 bits per heavy atom. The number of fused-ring (bicyclic) bond motifs is 1. The Morgan fingerprint density at radius 2 is 2.30 bits per heavy atom. The number of aryl methyl sites for hydroxylation is 1. The van der Waals surface area contributed by atoms with Crippen molar-refractivity contribution in [2.45, 2.75) is 38.2 Å². The fourth-order valence-electron chi connectivity index (χ4n) is 2.86. The molecule has 3 rings (SSSR count). The summed E-state index contributed by atoms with van der Waals surface area (Å²) in [5, 5.41) is 6.26. The van der Waals surface area contributed by atoms with E-state index in [4.69, 9.17) is 10.5 Å². The number of nitrogens with one attached hydrogen (secondary N) is 2. The van der Waals surface area contributed by atoms with Crippen LogP contribution in [0.3, 0.4) is 0 Å². The second-order valence-corrected chi connectivity index (χ2v) is 5.90. The number of rotatable bonds is 3. The van der Waals surface area contributed by atoms with Gasteiger partial charge >= 0.3 is 0 Å². The smallest absolute Gasteiger partial charge is 0.224 e. The zero-order valence-electron chi connectivity index (χ0n) is 11.8. The molecule has 1 unspecified atom stereocenters. The van der Waals surface area contributed by atoms with Gasteiger partial charge in [-0.15, -0.1) is 0 Å². The average molecular weight is 275 g/mol. The normalized spacial score (nSPS) is 25.1. The van der Waals surface area contributed by atoms with Crippen molar-refractivity contribution in [3.63, 3.8) is 0 Å². The van der Waals surface area contributed by atoms with Crippen molar-refractivity contribution in [2.75, 3.05) is 29.5 Å². The van der Waals surface area contributed by atoms with Gasteiger partial charge in [-0.2, -0.15) is 0 Å².